The summed E-state index contributed by atoms with van der Waals surface area (Å²) in [6.45, 7) is 9.63. The molecule has 0 unspecified atom stereocenters. The smallest absolute Gasteiger partial charge is 0.330 e. The second kappa shape index (κ2) is 12.9. The summed E-state index contributed by atoms with van der Waals surface area (Å²) in [5.41, 5.74) is 4.71. The molecular formula is C21H37N5O5. The number of aromatic nitrogens is 2. The maximum absolute atomic E-state index is 13.0. The molecule has 0 saturated carbocycles. The van der Waals surface area contributed by atoms with Crippen LogP contribution < -0.4 is 21.9 Å². The summed E-state index contributed by atoms with van der Waals surface area (Å²) in [4.78, 5) is 55.6. The Bertz CT molecular complexity index is 840. The van der Waals surface area contributed by atoms with Gasteiger partial charge in [-0.05, 0) is 18.8 Å². The van der Waals surface area contributed by atoms with Crippen LogP contribution in [-0.2, 0) is 20.9 Å². The summed E-state index contributed by atoms with van der Waals surface area (Å²) >= 11 is 0. The highest BCUT2D eigenvalue weighted by atomic mass is 16.5. The minimum absolute atomic E-state index is 0.0335. The van der Waals surface area contributed by atoms with Crippen molar-refractivity contribution >= 4 is 23.3 Å². The number of nitrogens with zero attached hydrogens (tertiary/aromatic N) is 3. The number of methoxy groups -OCH3 is 1. The Balaban J connectivity index is 3.19. The van der Waals surface area contributed by atoms with E-state index in [1.54, 1.807) is 4.90 Å². The van der Waals surface area contributed by atoms with E-state index in [2.05, 4.69) is 4.98 Å². The van der Waals surface area contributed by atoms with Crippen molar-refractivity contribution in [2.75, 3.05) is 44.0 Å². The molecule has 1 heterocycles. The largest absolute Gasteiger partial charge is 0.383 e. The van der Waals surface area contributed by atoms with E-state index in [0.717, 1.165) is 12.8 Å². The number of hydrogen-bond acceptors (Lipinski definition) is 6. The van der Waals surface area contributed by atoms with E-state index in [1.807, 2.05) is 27.7 Å². The second-order valence-electron chi connectivity index (χ2n) is 7.92. The highest BCUT2D eigenvalue weighted by Gasteiger charge is 2.25. The Morgan fingerprint density at radius 1 is 1.06 bits per heavy atom. The molecule has 0 spiro atoms. The van der Waals surface area contributed by atoms with Crippen molar-refractivity contribution in [3.8, 4) is 0 Å². The first kappa shape index (κ1) is 26.4. The maximum atomic E-state index is 13.0. The van der Waals surface area contributed by atoms with E-state index < -0.39 is 17.2 Å². The normalized spacial score (nSPS) is 11.0. The molecule has 176 valence electrons. The van der Waals surface area contributed by atoms with Gasteiger partial charge in [-0.15, -0.1) is 0 Å². The zero-order chi connectivity index (χ0) is 23.6. The summed E-state index contributed by atoms with van der Waals surface area (Å²) in [6, 6.07) is 0. The van der Waals surface area contributed by atoms with Gasteiger partial charge >= 0.3 is 5.69 Å². The number of rotatable bonds is 13. The van der Waals surface area contributed by atoms with E-state index in [4.69, 9.17) is 10.5 Å². The first-order valence-corrected chi connectivity index (χ1v) is 10.9. The molecule has 1 aromatic rings. The van der Waals surface area contributed by atoms with E-state index >= 15 is 0 Å². The molecule has 0 aromatic carbocycles. The fraction of sp³-hybridized carbons (Fsp3) is 0.714. The minimum Gasteiger partial charge on any atom is -0.383 e. The van der Waals surface area contributed by atoms with Crippen LogP contribution in [0.5, 0.6) is 0 Å². The molecule has 10 heteroatoms. The third-order valence-electron chi connectivity index (χ3n) is 4.74. The highest BCUT2D eigenvalue weighted by molar-refractivity contribution is 5.97. The number of anilines is 2. The number of amides is 2. The second-order valence-corrected chi connectivity index (χ2v) is 7.92. The van der Waals surface area contributed by atoms with Gasteiger partial charge < -0.3 is 20.3 Å². The number of carbonyl (C=O) groups is 2. The van der Waals surface area contributed by atoms with Crippen LogP contribution in [0.15, 0.2) is 9.59 Å². The summed E-state index contributed by atoms with van der Waals surface area (Å²) in [5.74, 6) is -0.500. The van der Waals surface area contributed by atoms with Gasteiger partial charge in [0, 0.05) is 46.1 Å². The van der Waals surface area contributed by atoms with E-state index in [9.17, 15) is 19.2 Å². The molecule has 1 aromatic heterocycles. The first-order chi connectivity index (χ1) is 14.7. The van der Waals surface area contributed by atoms with Crippen molar-refractivity contribution < 1.29 is 14.3 Å². The molecule has 0 radical (unpaired) electrons. The van der Waals surface area contributed by atoms with Crippen LogP contribution in [0.25, 0.3) is 0 Å². The number of hydrogen-bond donors (Lipinski definition) is 2. The number of ether oxygens (including phenoxy) is 1. The molecular weight excluding hydrogens is 402 g/mol. The molecule has 0 bridgehead atoms. The van der Waals surface area contributed by atoms with Gasteiger partial charge in [0.25, 0.3) is 5.56 Å². The van der Waals surface area contributed by atoms with Crippen LogP contribution in [-0.4, -0.2) is 59.6 Å². The van der Waals surface area contributed by atoms with Crippen molar-refractivity contribution in [1.29, 1.82) is 0 Å². The van der Waals surface area contributed by atoms with E-state index in [1.165, 1.54) is 16.6 Å². The zero-order valence-electron chi connectivity index (χ0n) is 19.4. The van der Waals surface area contributed by atoms with Crippen molar-refractivity contribution in [2.45, 2.75) is 59.9 Å². The molecule has 0 aliphatic rings. The number of H-pyrrole nitrogens is 1. The quantitative estimate of drug-likeness (QED) is 0.475. The lowest BCUT2D eigenvalue weighted by molar-refractivity contribution is -0.133. The SMILES string of the molecule is CCCN(CCC)C(=O)CCC(=O)N(CCOC)c1c(N)n(CC(C)C)c(=O)[nH]c1=O. The summed E-state index contributed by atoms with van der Waals surface area (Å²) in [7, 11) is 1.48. The average Bonchev–Trinajstić information content (AvgIpc) is 2.71. The third kappa shape index (κ3) is 7.54. The van der Waals surface area contributed by atoms with Crippen LogP contribution in [0, 0.1) is 5.92 Å². The number of aromatic amines is 1. The highest BCUT2D eigenvalue weighted by Crippen LogP contribution is 2.19. The minimum atomic E-state index is -0.739. The average molecular weight is 440 g/mol. The Morgan fingerprint density at radius 2 is 1.65 bits per heavy atom. The van der Waals surface area contributed by atoms with Crippen molar-refractivity contribution in [1.82, 2.24) is 14.5 Å². The fourth-order valence-electron chi connectivity index (χ4n) is 3.34. The molecule has 0 aliphatic heterocycles. The van der Waals surface area contributed by atoms with Crippen LogP contribution in [0.3, 0.4) is 0 Å². The van der Waals surface area contributed by atoms with Crippen LogP contribution in [0.2, 0.25) is 0 Å². The summed E-state index contributed by atoms with van der Waals surface area (Å²) in [6.07, 6.45) is 1.63. The van der Waals surface area contributed by atoms with E-state index in [0.29, 0.717) is 19.6 Å². The fourth-order valence-corrected chi connectivity index (χ4v) is 3.34. The van der Waals surface area contributed by atoms with Gasteiger partial charge in [-0.25, -0.2) is 4.79 Å². The molecule has 3 N–H and O–H groups in total. The predicted octanol–water partition coefficient (Wildman–Crippen LogP) is 1.18. The van der Waals surface area contributed by atoms with Gasteiger partial charge in [-0.1, -0.05) is 27.7 Å². The molecule has 10 nitrogen and oxygen atoms in total. The Morgan fingerprint density at radius 3 is 2.16 bits per heavy atom. The Kier molecular flexibility index (Phi) is 11.0. The van der Waals surface area contributed by atoms with Crippen LogP contribution in [0.1, 0.15) is 53.4 Å². The zero-order valence-corrected chi connectivity index (χ0v) is 19.4. The third-order valence-corrected chi connectivity index (χ3v) is 4.74. The van der Waals surface area contributed by atoms with Crippen molar-refractivity contribution in [2.24, 2.45) is 5.92 Å². The van der Waals surface area contributed by atoms with Gasteiger partial charge in [0.2, 0.25) is 11.8 Å². The number of nitrogens with one attached hydrogen (secondary N) is 1. The number of nitrogen functional groups attached to an aromatic ring is 1. The number of nitrogens with two attached hydrogens (primary N) is 1. The molecule has 2 amide bonds. The van der Waals surface area contributed by atoms with Crippen molar-refractivity contribution in [3.05, 3.63) is 20.8 Å². The van der Waals surface area contributed by atoms with Gasteiger partial charge in [0.15, 0.2) is 5.69 Å². The number of carbonyl (C=O) groups excluding carboxylic acids is 2. The van der Waals surface area contributed by atoms with Gasteiger partial charge in [0.1, 0.15) is 5.82 Å². The van der Waals surface area contributed by atoms with E-state index in [-0.39, 0.29) is 49.3 Å². The van der Waals surface area contributed by atoms with Gasteiger partial charge in [0.05, 0.1) is 6.61 Å². The van der Waals surface area contributed by atoms with Crippen LogP contribution in [0.4, 0.5) is 11.5 Å². The standard InChI is InChI=1S/C21H37N5O5/c1-6-10-24(11-7-2)16(27)8-9-17(28)25(12-13-31-5)18-19(22)26(14-15(3)4)21(30)23-20(18)29/h15H,6-14,22H2,1-5H3,(H,23,29,30). The van der Waals surface area contributed by atoms with Gasteiger partial charge in [-0.2, -0.15) is 0 Å². The molecule has 0 aliphatic carbocycles. The molecule has 0 saturated heterocycles. The lowest BCUT2D eigenvalue weighted by atomic mass is 10.2. The van der Waals surface area contributed by atoms with Gasteiger partial charge in [-0.3, -0.25) is 23.9 Å². The summed E-state index contributed by atoms with van der Waals surface area (Å²) in [5, 5.41) is 0. The maximum Gasteiger partial charge on any atom is 0.330 e. The molecule has 1 rings (SSSR count). The lowest BCUT2D eigenvalue weighted by Gasteiger charge is -2.25. The topological polar surface area (TPSA) is 131 Å². The monoisotopic (exact) mass is 439 g/mol. The summed E-state index contributed by atoms with van der Waals surface area (Å²) < 4.78 is 6.33. The Labute approximate surface area is 183 Å². The molecule has 31 heavy (non-hydrogen) atoms. The predicted molar refractivity (Wildman–Crippen MR) is 121 cm³/mol. The molecule has 0 fully saturated rings. The lowest BCUT2D eigenvalue weighted by Crippen LogP contribution is -2.43. The van der Waals surface area contributed by atoms with Crippen molar-refractivity contribution in [3.63, 3.8) is 0 Å². The first-order valence-electron chi connectivity index (χ1n) is 10.9. The molecule has 0 atom stereocenters. The Hall–Kier alpha value is -2.62. The van der Waals surface area contributed by atoms with Crippen LogP contribution >= 0.6 is 0 Å².